The molecule has 1 aliphatic rings. The lowest BCUT2D eigenvalue weighted by atomic mass is 9.90. The molecule has 0 atom stereocenters. The molecule has 1 aliphatic carbocycles. The normalized spacial score (nSPS) is 14.0. The fourth-order valence-electron chi connectivity index (χ4n) is 3.95. The second-order valence-electron chi connectivity index (χ2n) is 8.04. The van der Waals surface area contributed by atoms with Crippen LogP contribution in [0.3, 0.4) is 0 Å². The first-order chi connectivity index (χ1) is 15.4. The number of nitrogens with zero attached hydrogens (tertiary/aromatic N) is 1. The Bertz CT molecular complexity index is 1160. The van der Waals surface area contributed by atoms with Crippen molar-refractivity contribution in [1.29, 1.82) is 0 Å². The molecule has 0 spiro atoms. The molecular weight excluding hydrogens is 429 g/mol. The minimum absolute atomic E-state index is 0.0596. The molecule has 1 fully saturated rings. The van der Waals surface area contributed by atoms with Gasteiger partial charge in [0.15, 0.2) is 0 Å². The second-order valence-corrected chi connectivity index (χ2v) is 8.48. The molecule has 2 N–H and O–H groups in total. The Kier molecular flexibility index (Phi) is 6.24. The molecule has 0 saturated heterocycles. The van der Waals surface area contributed by atoms with E-state index in [0.29, 0.717) is 10.8 Å². The van der Waals surface area contributed by atoms with Crippen molar-refractivity contribution in [2.75, 3.05) is 10.6 Å². The molecule has 32 heavy (non-hydrogen) atoms. The highest BCUT2D eigenvalue weighted by Gasteiger charge is 2.43. The van der Waals surface area contributed by atoms with E-state index in [2.05, 4.69) is 22.5 Å². The first kappa shape index (κ1) is 22.0. The summed E-state index contributed by atoms with van der Waals surface area (Å²) in [6.07, 6.45) is 5.58. The maximum absolute atomic E-state index is 14.8. The number of hydrogen-bond acceptors (Lipinski definition) is 3. The van der Waals surface area contributed by atoms with Crippen molar-refractivity contribution in [3.05, 3.63) is 88.3 Å². The molecule has 7 heteroatoms. The van der Waals surface area contributed by atoms with E-state index >= 15 is 0 Å². The molecule has 3 aromatic rings. The van der Waals surface area contributed by atoms with Gasteiger partial charge in [0.05, 0.1) is 21.8 Å². The van der Waals surface area contributed by atoms with Gasteiger partial charge < -0.3 is 10.6 Å². The number of anilines is 2. The number of rotatable bonds is 7. The highest BCUT2D eigenvalue weighted by Crippen LogP contribution is 2.51. The fourth-order valence-corrected chi connectivity index (χ4v) is 4.07. The standard InChI is InChI=1S/C25H23ClFN3O2/c1-2-11-25(12-13-25)16-7-9-18(20(27)14-16)23(31)29-21-6-4-3-5-19(21)24(32)30-22-10-8-17(26)15-28-22/h3-10,14-15H,2,11-13H2,1H3,(H,29,31)(H,28,30,32). The van der Waals surface area contributed by atoms with Crippen LogP contribution in [-0.4, -0.2) is 16.8 Å². The van der Waals surface area contributed by atoms with Gasteiger partial charge in [-0.2, -0.15) is 0 Å². The topological polar surface area (TPSA) is 71.1 Å². The van der Waals surface area contributed by atoms with E-state index in [4.69, 9.17) is 11.6 Å². The molecule has 164 valence electrons. The highest BCUT2D eigenvalue weighted by molar-refractivity contribution is 6.30. The van der Waals surface area contributed by atoms with E-state index < -0.39 is 17.6 Å². The van der Waals surface area contributed by atoms with Crippen LogP contribution in [0.2, 0.25) is 5.02 Å². The molecule has 0 radical (unpaired) electrons. The van der Waals surface area contributed by atoms with Crippen molar-refractivity contribution in [1.82, 2.24) is 4.98 Å². The van der Waals surface area contributed by atoms with Gasteiger partial charge in [0, 0.05) is 6.20 Å². The smallest absolute Gasteiger partial charge is 0.258 e. The number of halogens is 2. The first-order valence-electron chi connectivity index (χ1n) is 10.6. The van der Waals surface area contributed by atoms with E-state index in [0.717, 1.165) is 31.2 Å². The van der Waals surface area contributed by atoms with Crippen LogP contribution in [0.25, 0.3) is 0 Å². The van der Waals surface area contributed by atoms with E-state index in [9.17, 15) is 14.0 Å². The number of amides is 2. The lowest BCUT2D eigenvalue weighted by Crippen LogP contribution is -2.19. The van der Waals surface area contributed by atoms with Gasteiger partial charge >= 0.3 is 0 Å². The first-order valence-corrected chi connectivity index (χ1v) is 10.9. The van der Waals surface area contributed by atoms with Crippen LogP contribution in [0.4, 0.5) is 15.9 Å². The summed E-state index contributed by atoms with van der Waals surface area (Å²) in [6, 6.07) is 14.5. The summed E-state index contributed by atoms with van der Waals surface area (Å²) < 4.78 is 14.8. The molecule has 1 heterocycles. The van der Waals surface area contributed by atoms with Crippen molar-refractivity contribution in [3.63, 3.8) is 0 Å². The molecule has 2 aromatic carbocycles. The zero-order valence-electron chi connectivity index (χ0n) is 17.6. The zero-order valence-corrected chi connectivity index (χ0v) is 18.4. The van der Waals surface area contributed by atoms with Crippen molar-refractivity contribution < 1.29 is 14.0 Å². The Morgan fingerprint density at radius 1 is 1.03 bits per heavy atom. The Morgan fingerprint density at radius 3 is 2.44 bits per heavy atom. The SMILES string of the molecule is CCCC1(c2ccc(C(=O)Nc3ccccc3C(=O)Nc3ccc(Cl)cn3)c(F)c2)CC1. The van der Waals surface area contributed by atoms with Crippen LogP contribution in [0.15, 0.2) is 60.8 Å². The quantitative estimate of drug-likeness (QED) is 0.448. The Morgan fingerprint density at radius 2 is 1.78 bits per heavy atom. The van der Waals surface area contributed by atoms with E-state index in [1.807, 2.05) is 6.07 Å². The summed E-state index contributed by atoms with van der Waals surface area (Å²) in [4.78, 5) is 29.6. The number of carbonyl (C=O) groups is 2. The van der Waals surface area contributed by atoms with E-state index in [1.54, 1.807) is 36.4 Å². The van der Waals surface area contributed by atoms with Crippen molar-refractivity contribution in [3.8, 4) is 0 Å². The van der Waals surface area contributed by atoms with Gasteiger partial charge in [-0.3, -0.25) is 9.59 Å². The van der Waals surface area contributed by atoms with Gasteiger partial charge in [0.1, 0.15) is 11.6 Å². The third kappa shape index (κ3) is 4.65. The van der Waals surface area contributed by atoms with Gasteiger partial charge in [-0.25, -0.2) is 9.37 Å². The third-order valence-corrected chi connectivity index (χ3v) is 6.02. The van der Waals surface area contributed by atoms with Crippen LogP contribution in [0.1, 0.15) is 58.9 Å². The third-order valence-electron chi connectivity index (χ3n) is 5.80. The summed E-state index contributed by atoms with van der Waals surface area (Å²) in [5, 5.41) is 5.77. The van der Waals surface area contributed by atoms with Crippen LogP contribution in [0.5, 0.6) is 0 Å². The monoisotopic (exact) mass is 451 g/mol. The average Bonchev–Trinajstić information content (AvgIpc) is 3.56. The number of carbonyl (C=O) groups excluding carboxylic acids is 2. The van der Waals surface area contributed by atoms with Crippen molar-refractivity contribution in [2.45, 2.75) is 38.0 Å². The predicted octanol–water partition coefficient (Wildman–Crippen LogP) is 6.21. The molecule has 2 amide bonds. The summed E-state index contributed by atoms with van der Waals surface area (Å²) in [7, 11) is 0. The Labute approximate surface area is 191 Å². The van der Waals surface area contributed by atoms with Gasteiger partial charge in [0.25, 0.3) is 11.8 Å². The summed E-state index contributed by atoms with van der Waals surface area (Å²) >= 11 is 5.82. The lowest BCUT2D eigenvalue weighted by molar-refractivity contribution is 0.102. The molecule has 0 aliphatic heterocycles. The summed E-state index contributed by atoms with van der Waals surface area (Å²) in [5.74, 6) is -1.31. The molecule has 4 rings (SSSR count). The minimum Gasteiger partial charge on any atom is -0.321 e. The second kappa shape index (κ2) is 9.09. The van der Waals surface area contributed by atoms with Crippen LogP contribution in [0, 0.1) is 5.82 Å². The number of hydrogen-bond donors (Lipinski definition) is 2. The van der Waals surface area contributed by atoms with E-state index in [1.165, 1.54) is 18.3 Å². The Hall–Kier alpha value is -3.25. The number of pyridine rings is 1. The Balaban J connectivity index is 1.51. The maximum atomic E-state index is 14.8. The molecule has 5 nitrogen and oxygen atoms in total. The van der Waals surface area contributed by atoms with Gasteiger partial charge in [-0.15, -0.1) is 0 Å². The van der Waals surface area contributed by atoms with E-state index in [-0.39, 0.29) is 22.2 Å². The molecule has 1 saturated carbocycles. The van der Waals surface area contributed by atoms with Crippen molar-refractivity contribution in [2.24, 2.45) is 0 Å². The van der Waals surface area contributed by atoms with Crippen molar-refractivity contribution >= 4 is 34.9 Å². The minimum atomic E-state index is -0.612. The lowest BCUT2D eigenvalue weighted by Gasteiger charge is -2.16. The average molecular weight is 452 g/mol. The number of aromatic nitrogens is 1. The van der Waals surface area contributed by atoms with Gasteiger partial charge in [0.2, 0.25) is 0 Å². The highest BCUT2D eigenvalue weighted by atomic mass is 35.5. The number of nitrogens with one attached hydrogen (secondary N) is 2. The summed E-state index contributed by atoms with van der Waals surface area (Å²) in [5.41, 5.74) is 1.45. The molecular formula is C25H23ClFN3O2. The summed E-state index contributed by atoms with van der Waals surface area (Å²) in [6.45, 7) is 2.12. The van der Waals surface area contributed by atoms with Crippen LogP contribution >= 0.6 is 11.6 Å². The number of para-hydroxylation sites is 1. The van der Waals surface area contributed by atoms with Crippen LogP contribution < -0.4 is 10.6 Å². The largest absolute Gasteiger partial charge is 0.321 e. The zero-order chi connectivity index (χ0) is 22.7. The maximum Gasteiger partial charge on any atom is 0.258 e. The molecule has 0 bridgehead atoms. The molecule has 0 unspecified atom stereocenters. The van der Waals surface area contributed by atoms with Gasteiger partial charge in [-0.1, -0.05) is 43.1 Å². The van der Waals surface area contributed by atoms with Gasteiger partial charge in [-0.05, 0) is 66.6 Å². The number of benzene rings is 2. The predicted molar refractivity (Wildman–Crippen MR) is 124 cm³/mol. The molecule has 1 aromatic heterocycles. The fraction of sp³-hybridized carbons (Fsp3) is 0.240. The van der Waals surface area contributed by atoms with Crippen LogP contribution in [-0.2, 0) is 5.41 Å².